The number of tetrazole rings is 1. The average molecular weight is 251 g/mol. The summed E-state index contributed by atoms with van der Waals surface area (Å²) in [6, 6.07) is 0. The number of aromatic amines is 1. The molecule has 1 aliphatic carbocycles. The average Bonchev–Trinajstić information content (AvgIpc) is 2.89. The Morgan fingerprint density at radius 1 is 1.39 bits per heavy atom. The summed E-state index contributed by atoms with van der Waals surface area (Å²) in [5.41, 5.74) is 0. The number of nitrogens with one attached hydrogen (secondary N) is 2. The van der Waals surface area contributed by atoms with E-state index < -0.39 is 0 Å². The first-order valence-electron chi connectivity index (χ1n) is 6.84. The number of aromatic nitrogens is 4. The molecular formula is C12H21N5O. The Labute approximate surface area is 107 Å². The van der Waals surface area contributed by atoms with Crippen LogP contribution in [0.5, 0.6) is 0 Å². The van der Waals surface area contributed by atoms with Gasteiger partial charge in [-0.1, -0.05) is 31.3 Å². The molecule has 100 valence electrons. The molecule has 0 saturated heterocycles. The molecule has 1 aromatic rings. The summed E-state index contributed by atoms with van der Waals surface area (Å²) in [7, 11) is 0. The van der Waals surface area contributed by atoms with Crippen LogP contribution in [0.1, 0.15) is 51.9 Å². The Hall–Kier alpha value is -1.46. The highest BCUT2D eigenvalue weighted by Crippen LogP contribution is 2.32. The molecule has 0 atom stereocenters. The quantitative estimate of drug-likeness (QED) is 0.839. The fraction of sp³-hybridized carbons (Fsp3) is 0.833. The van der Waals surface area contributed by atoms with Crippen molar-refractivity contribution >= 4 is 11.9 Å². The number of carbonyl (C=O) groups is 1. The molecule has 1 saturated carbocycles. The molecular weight excluding hydrogens is 230 g/mol. The van der Waals surface area contributed by atoms with Crippen LogP contribution in [0.3, 0.4) is 0 Å². The maximum Gasteiger partial charge on any atom is 0.269 e. The molecule has 0 unspecified atom stereocenters. The van der Waals surface area contributed by atoms with Crippen molar-refractivity contribution in [1.29, 1.82) is 0 Å². The summed E-state index contributed by atoms with van der Waals surface area (Å²) >= 11 is 0. The molecule has 1 fully saturated rings. The first-order valence-corrected chi connectivity index (χ1v) is 6.84. The summed E-state index contributed by atoms with van der Waals surface area (Å²) in [6.45, 7) is 2.23. The molecule has 1 heterocycles. The number of nitrogens with zero attached hydrogens (tertiary/aromatic N) is 3. The third-order valence-corrected chi connectivity index (χ3v) is 3.76. The highest BCUT2D eigenvalue weighted by molar-refractivity contribution is 5.90. The first-order chi connectivity index (χ1) is 8.79. The summed E-state index contributed by atoms with van der Waals surface area (Å²) in [5, 5.41) is 15.9. The second-order valence-electron chi connectivity index (χ2n) is 5.08. The molecule has 2 rings (SSSR count). The van der Waals surface area contributed by atoms with E-state index in [0.29, 0.717) is 0 Å². The third-order valence-electron chi connectivity index (χ3n) is 3.76. The van der Waals surface area contributed by atoms with Gasteiger partial charge in [0.2, 0.25) is 5.91 Å². The zero-order valence-corrected chi connectivity index (χ0v) is 10.9. The minimum Gasteiger partial charge on any atom is -0.292 e. The molecule has 0 aromatic carbocycles. The summed E-state index contributed by atoms with van der Waals surface area (Å²) < 4.78 is 0. The van der Waals surface area contributed by atoms with Crippen molar-refractivity contribution in [3.8, 4) is 0 Å². The van der Waals surface area contributed by atoms with Gasteiger partial charge >= 0.3 is 0 Å². The molecule has 6 nitrogen and oxygen atoms in total. The van der Waals surface area contributed by atoms with Crippen LogP contribution < -0.4 is 5.32 Å². The predicted octanol–water partition coefficient (Wildman–Crippen LogP) is 2.13. The molecule has 0 aliphatic heterocycles. The van der Waals surface area contributed by atoms with Crippen LogP contribution in [0.2, 0.25) is 0 Å². The lowest BCUT2D eigenvalue weighted by molar-refractivity contribution is -0.121. The second kappa shape index (κ2) is 6.47. The smallest absolute Gasteiger partial charge is 0.269 e. The fourth-order valence-corrected chi connectivity index (χ4v) is 2.63. The van der Waals surface area contributed by atoms with Crippen LogP contribution in [-0.4, -0.2) is 26.5 Å². The normalized spacial score (nSPS) is 23.8. The SMILES string of the molecule is CCCCC1CCC(C(=O)Nc2nn[nH]n2)CC1. The van der Waals surface area contributed by atoms with E-state index in [9.17, 15) is 4.79 Å². The van der Waals surface area contributed by atoms with Gasteiger partial charge in [-0.3, -0.25) is 10.1 Å². The van der Waals surface area contributed by atoms with E-state index in [1.165, 1.54) is 32.1 Å². The van der Waals surface area contributed by atoms with Gasteiger partial charge in [-0.05, 0) is 36.8 Å². The number of unbranched alkanes of at least 4 members (excludes halogenated alkanes) is 1. The predicted molar refractivity (Wildman–Crippen MR) is 67.8 cm³/mol. The van der Waals surface area contributed by atoms with Crippen molar-refractivity contribution in [3.05, 3.63) is 0 Å². The Bertz CT molecular complexity index is 357. The number of rotatable bonds is 5. The Morgan fingerprint density at radius 2 is 2.17 bits per heavy atom. The van der Waals surface area contributed by atoms with E-state index in [1.54, 1.807) is 0 Å². The van der Waals surface area contributed by atoms with Gasteiger partial charge in [-0.25, -0.2) is 0 Å². The number of hydrogen-bond donors (Lipinski definition) is 2. The first kappa shape index (κ1) is 13.0. The minimum atomic E-state index is 0.0327. The number of hydrogen-bond acceptors (Lipinski definition) is 4. The monoisotopic (exact) mass is 251 g/mol. The Morgan fingerprint density at radius 3 is 2.78 bits per heavy atom. The summed E-state index contributed by atoms with van der Waals surface area (Å²) in [6.07, 6.45) is 8.20. The molecule has 2 N–H and O–H groups in total. The van der Waals surface area contributed by atoms with E-state index in [4.69, 9.17) is 0 Å². The standard InChI is InChI=1S/C12H21N5O/c1-2-3-4-9-5-7-10(8-6-9)11(18)13-12-14-16-17-15-12/h9-10H,2-8H2,1H3,(H2,13,14,15,16,17,18). The minimum absolute atomic E-state index is 0.0327. The second-order valence-corrected chi connectivity index (χ2v) is 5.08. The van der Waals surface area contributed by atoms with Gasteiger partial charge < -0.3 is 0 Å². The maximum absolute atomic E-state index is 12.0. The molecule has 18 heavy (non-hydrogen) atoms. The van der Waals surface area contributed by atoms with Gasteiger partial charge in [-0.2, -0.15) is 5.21 Å². The maximum atomic E-state index is 12.0. The van der Waals surface area contributed by atoms with Crippen LogP contribution in [0.25, 0.3) is 0 Å². The van der Waals surface area contributed by atoms with Crippen molar-refractivity contribution in [3.63, 3.8) is 0 Å². The van der Waals surface area contributed by atoms with Gasteiger partial charge in [-0.15, -0.1) is 5.10 Å². The fourth-order valence-electron chi connectivity index (χ4n) is 2.63. The zero-order chi connectivity index (χ0) is 12.8. The lowest BCUT2D eigenvalue weighted by atomic mass is 9.79. The van der Waals surface area contributed by atoms with E-state index in [2.05, 4.69) is 32.9 Å². The molecule has 0 bridgehead atoms. The molecule has 1 aromatic heterocycles. The lowest BCUT2D eigenvalue weighted by Gasteiger charge is -2.27. The molecule has 1 aliphatic rings. The third kappa shape index (κ3) is 3.51. The van der Waals surface area contributed by atoms with Gasteiger partial charge in [0.05, 0.1) is 0 Å². The highest BCUT2D eigenvalue weighted by Gasteiger charge is 2.26. The highest BCUT2D eigenvalue weighted by atomic mass is 16.2. The van der Waals surface area contributed by atoms with Gasteiger partial charge in [0.1, 0.15) is 0 Å². The van der Waals surface area contributed by atoms with E-state index >= 15 is 0 Å². The van der Waals surface area contributed by atoms with Gasteiger partial charge in [0.15, 0.2) is 0 Å². The van der Waals surface area contributed by atoms with Crippen LogP contribution in [0, 0.1) is 11.8 Å². The molecule has 1 amide bonds. The van der Waals surface area contributed by atoms with E-state index in [0.717, 1.165) is 18.8 Å². The Kier molecular flexibility index (Phi) is 4.66. The van der Waals surface area contributed by atoms with Crippen LogP contribution in [0.4, 0.5) is 5.95 Å². The van der Waals surface area contributed by atoms with Crippen LogP contribution >= 0.6 is 0 Å². The largest absolute Gasteiger partial charge is 0.292 e. The Balaban J connectivity index is 1.73. The number of carbonyl (C=O) groups excluding carboxylic acids is 1. The number of amides is 1. The van der Waals surface area contributed by atoms with Crippen molar-refractivity contribution in [2.45, 2.75) is 51.9 Å². The topological polar surface area (TPSA) is 83.6 Å². The summed E-state index contributed by atoms with van der Waals surface area (Å²) in [4.78, 5) is 12.0. The van der Waals surface area contributed by atoms with E-state index in [1.807, 2.05) is 0 Å². The van der Waals surface area contributed by atoms with Gasteiger partial charge in [0.25, 0.3) is 5.95 Å². The zero-order valence-electron chi connectivity index (χ0n) is 10.9. The van der Waals surface area contributed by atoms with Crippen molar-refractivity contribution in [2.24, 2.45) is 11.8 Å². The molecule has 6 heteroatoms. The molecule has 0 spiro atoms. The van der Waals surface area contributed by atoms with Crippen LogP contribution in [0.15, 0.2) is 0 Å². The van der Waals surface area contributed by atoms with Gasteiger partial charge in [0, 0.05) is 5.92 Å². The van der Waals surface area contributed by atoms with E-state index in [-0.39, 0.29) is 17.8 Å². The molecule has 0 radical (unpaired) electrons. The van der Waals surface area contributed by atoms with Crippen LogP contribution in [-0.2, 0) is 4.79 Å². The number of H-pyrrole nitrogens is 1. The number of anilines is 1. The summed E-state index contributed by atoms with van der Waals surface area (Å²) in [5.74, 6) is 1.24. The van der Waals surface area contributed by atoms with Crippen molar-refractivity contribution in [1.82, 2.24) is 20.6 Å². The van der Waals surface area contributed by atoms with Crippen molar-refractivity contribution < 1.29 is 4.79 Å². The lowest BCUT2D eigenvalue weighted by Crippen LogP contribution is -2.27. The van der Waals surface area contributed by atoms with Crippen molar-refractivity contribution in [2.75, 3.05) is 5.32 Å².